The topological polar surface area (TPSA) is 66.9 Å². The maximum Gasteiger partial charge on any atom is 0.433 e. The van der Waals surface area contributed by atoms with Crippen LogP contribution in [0.25, 0.3) is 0 Å². The fraction of sp³-hybridized carbons (Fsp3) is 0.308. The average Bonchev–Trinajstić information content (AvgIpc) is 2.90. The highest BCUT2D eigenvalue weighted by Gasteiger charge is 2.33. The van der Waals surface area contributed by atoms with Crippen molar-refractivity contribution in [1.29, 1.82) is 0 Å². The first-order valence-corrected chi connectivity index (χ1v) is 7.22. The van der Waals surface area contributed by atoms with Crippen LogP contribution in [0.1, 0.15) is 17.2 Å². The average molecular weight is 330 g/mol. The van der Waals surface area contributed by atoms with Gasteiger partial charge >= 0.3 is 12.2 Å². The van der Waals surface area contributed by atoms with Gasteiger partial charge in [0.25, 0.3) is 0 Å². The Morgan fingerprint density at radius 3 is 2.77 bits per heavy atom. The summed E-state index contributed by atoms with van der Waals surface area (Å²) in [6, 6.07) is 4.00. The van der Waals surface area contributed by atoms with Crippen molar-refractivity contribution < 1.29 is 18.0 Å². The molecule has 9 heteroatoms. The Hall–Kier alpha value is -2.16. The normalized spacial score (nSPS) is 11.3. The number of amides is 2. The lowest BCUT2D eigenvalue weighted by Crippen LogP contribution is -2.30. The smallest absolute Gasteiger partial charge is 0.337 e. The van der Waals surface area contributed by atoms with Gasteiger partial charge in [0, 0.05) is 18.7 Å². The third kappa shape index (κ3) is 4.69. The van der Waals surface area contributed by atoms with Gasteiger partial charge in [-0.1, -0.05) is 0 Å². The number of alkyl halides is 3. The second-order valence-corrected chi connectivity index (χ2v) is 5.36. The molecule has 0 unspecified atom stereocenters. The van der Waals surface area contributed by atoms with Crippen LogP contribution in [0.5, 0.6) is 0 Å². The summed E-state index contributed by atoms with van der Waals surface area (Å²) in [5.74, 6) is 0.0451. The van der Waals surface area contributed by atoms with Crippen LogP contribution in [0, 0.1) is 6.92 Å². The van der Waals surface area contributed by atoms with E-state index in [-0.39, 0.29) is 24.5 Å². The van der Waals surface area contributed by atoms with Gasteiger partial charge in [-0.2, -0.15) is 13.2 Å². The Bertz CT molecular complexity index is 643. The van der Waals surface area contributed by atoms with Crippen LogP contribution in [0.4, 0.5) is 23.0 Å². The summed E-state index contributed by atoms with van der Waals surface area (Å²) in [5, 5.41) is 7.64. The highest BCUT2D eigenvalue weighted by molar-refractivity contribution is 7.14. The number of thiophene rings is 1. The molecule has 0 atom stereocenters. The first-order valence-electron chi connectivity index (χ1n) is 6.35. The quantitative estimate of drug-likeness (QED) is 0.904. The van der Waals surface area contributed by atoms with Crippen molar-refractivity contribution in [3.8, 4) is 0 Å². The number of aromatic nitrogens is 2. The van der Waals surface area contributed by atoms with Crippen LogP contribution in [0.2, 0.25) is 0 Å². The van der Waals surface area contributed by atoms with Crippen LogP contribution >= 0.6 is 11.3 Å². The number of carbonyl (C=O) groups excluding carboxylic acids is 1. The second-order valence-electron chi connectivity index (χ2n) is 4.42. The molecule has 2 aromatic heterocycles. The molecule has 0 aliphatic heterocycles. The number of hydrogen-bond donors (Lipinski definition) is 2. The Kier molecular flexibility index (Phi) is 4.96. The van der Waals surface area contributed by atoms with E-state index in [2.05, 4.69) is 20.6 Å². The van der Waals surface area contributed by atoms with Gasteiger partial charge in [-0.05, 0) is 30.5 Å². The molecule has 0 saturated carbocycles. The van der Waals surface area contributed by atoms with E-state index >= 15 is 0 Å². The molecule has 0 bridgehead atoms. The standard InChI is InChI=1S/C13H13F3N4OS/c1-8-7-9(13(14,15)16)19-10(18-8)4-5-17-12(21)20-11-3-2-6-22-11/h2-3,6-7H,4-5H2,1H3,(H2,17,20,21). The minimum Gasteiger partial charge on any atom is -0.337 e. The van der Waals surface area contributed by atoms with E-state index in [1.165, 1.54) is 18.3 Å². The molecule has 0 radical (unpaired) electrons. The van der Waals surface area contributed by atoms with E-state index in [1.807, 2.05) is 5.38 Å². The molecule has 2 amide bonds. The van der Waals surface area contributed by atoms with Crippen molar-refractivity contribution in [3.05, 3.63) is 40.8 Å². The Balaban J connectivity index is 1.89. The number of nitrogens with zero attached hydrogens (tertiary/aromatic N) is 2. The van der Waals surface area contributed by atoms with Gasteiger partial charge in [0.15, 0.2) is 0 Å². The molecule has 2 rings (SSSR count). The van der Waals surface area contributed by atoms with Gasteiger partial charge < -0.3 is 5.32 Å². The summed E-state index contributed by atoms with van der Waals surface area (Å²) in [6.07, 6.45) is -4.39. The van der Waals surface area contributed by atoms with E-state index in [0.29, 0.717) is 5.00 Å². The second kappa shape index (κ2) is 6.73. The predicted octanol–water partition coefficient (Wildman–Crippen LogP) is 3.23. The first-order chi connectivity index (χ1) is 10.3. The highest BCUT2D eigenvalue weighted by atomic mass is 32.1. The van der Waals surface area contributed by atoms with E-state index in [0.717, 1.165) is 6.07 Å². The molecule has 0 fully saturated rings. The minimum atomic E-state index is -4.51. The van der Waals surface area contributed by atoms with Crippen molar-refractivity contribution in [2.24, 2.45) is 0 Å². The molecule has 2 aromatic rings. The number of carbonyl (C=O) groups is 1. The minimum absolute atomic E-state index is 0.0451. The summed E-state index contributed by atoms with van der Waals surface area (Å²) < 4.78 is 37.9. The lowest BCUT2D eigenvalue weighted by molar-refractivity contribution is -0.141. The molecule has 2 N–H and O–H groups in total. The number of halogens is 3. The zero-order valence-corrected chi connectivity index (χ0v) is 12.4. The predicted molar refractivity (Wildman–Crippen MR) is 76.8 cm³/mol. The fourth-order valence-corrected chi connectivity index (χ4v) is 2.29. The van der Waals surface area contributed by atoms with E-state index < -0.39 is 17.9 Å². The number of rotatable bonds is 4. The van der Waals surface area contributed by atoms with Crippen LogP contribution in [-0.2, 0) is 12.6 Å². The van der Waals surface area contributed by atoms with Crippen LogP contribution in [0.15, 0.2) is 23.6 Å². The third-order valence-electron chi connectivity index (χ3n) is 2.58. The number of hydrogen-bond acceptors (Lipinski definition) is 4. The van der Waals surface area contributed by atoms with E-state index in [4.69, 9.17) is 0 Å². The Labute approximate surface area is 128 Å². The summed E-state index contributed by atoms with van der Waals surface area (Å²) >= 11 is 1.37. The molecular weight excluding hydrogens is 317 g/mol. The van der Waals surface area contributed by atoms with Crippen molar-refractivity contribution in [2.75, 3.05) is 11.9 Å². The highest BCUT2D eigenvalue weighted by Crippen LogP contribution is 2.27. The van der Waals surface area contributed by atoms with Gasteiger partial charge in [0.05, 0.1) is 5.00 Å². The maximum atomic E-state index is 12.6. The van der Waals surface area contributed by atoms with Crippen molar-refractivity contribution in [1.82, 2.24) is 15.3 Å². The van der Waals surface area contributed by atoms with Crippen molar-refractivity contribution >= 4 is 22.4 Å². The Morgan fingerprint density at radius 1 is 1.36 bits per heavy atom. The van der Waals surface area contributed by atoms with Crippen molar-refractivity contribution in [3.63, 3.8) is 0 Å². The molecular formula is C13H13F3N4OS. The zero-order valence-electron chi connectivity index (χ0n) is 11.6. The number of urea groups is 1. The van der Waals surface area contributed by atoms with Crippen LogP contribution in [0.3, 0.4) is 0 Å². The largest absolute Gasteiger partial charge is 0.433 e. The molecule has 118 valence electrons. The fourth-order valence-electron chi connectivity index (χ4n) is 1.68. The summed E-state index contributed by atoms with van der Waals surface area (Å²) in [7, 11) is 0. The molecule has 0 aliphatic rings. The zero-order chi connectivity index (χ0) is 16.2. The first kappa shape index (κ1) is 16.2. The van der Waals surface area contributed by atoms with Gasteiger partial charge in [-0.25, -0.2) is 14.8 Å². The number of aryl methyl sites for hydroxylation is 1. The number of nitrogens with one attached hydrogen (secondary N) is 2. The van der Waals surface area contributed by atoms with Crippen molar-refractivity contribution in [2.45, 2.75) is 19.5 Å². The van der Waals surface area contributed by atoms with Gasteiger partial charge in [0.1, 0.15) is 11.5 Å². The van der Waals surface area contributed by atoms with Crippen LogP contribution in [-0.4, -0.2) is 22.5 Å². The Morgan fingerprint density at radius 2 is 2.14 bits per heavy atom. The molecule has 22 heavy (non-hydrogen) atoms. The molecule has 0 aliphatic carbocycles. The monoisotopic (exact) mass is 330 g/mol. The maximum absolute atomic E-state index is 12.6. The van der Waals surface area contributed by atoms with Gasteiger partial charge in [-0.3, -0.25) is 5.32 Å². The van der Waals surface area contributed by atoms with Gasteiger partial charge in [0.2, 0.25) is 0 Å². The molecule has 5 nitrogen and oxygen atoms in total. The number of anilines is 1. The summed E-state index contributed by atoms with van der Waals surface area (Å²) in [4.78, 5) is 19.0. The lowest BCUT2D eigenvalue weighted by Gasteiger charge is -2.09. The SMILES string of the molecule is Cc1cc(C(F)(F)F)nc(CCNC(=O)Nc2cccs2)n1. The van der Waals surface area contributed by atoms with E-state index in [9.17, 15) is 18.0 Å². The summed E-state index contributed by atoms with van der Waals surface area (Å²) in [6.45, 7) is 1.61. The molecule has 0 aromatic carbocycles. The molecule has 0 spiro atoms. The summed E-state index contributed by atoms with van der Waals surface area (Å²) in [5.41, 5.74) is -0.738. The lowest BCUT2D eigenvalue weighted by atomic mass is 10.3. The van der Waals surface area contributed by atoms with Gasteiger partial charge in [-0.15, -0.1) is 11.3 Å². The molecule has 0 saturated heterocycles. The molecule has 2 heterocycles. The van der Waals surface area contributed by atoms with E-state index in [1.54, 1.807) is 12.1 Å². The third-order valence-corrected chi connectivity index (χ3v) is 3.37. The van der Waals surface area contributed by atoms with Crippen LogP contribution < -0.4 is 10.6 Å².